The van der Waals surface area contributed by atoms with Gasteiger partial charge in [-0.3, -0.25) is 10.1 Å². The van der Waals surface area contributed by atoms with Gasteiger partial charge in [0.1, 0.15) is 21.9 Å². The van der Waals surface area contributed by atoms with Crippen molar-refractivity contribution in [1.29, 1.82) is 5.26 Å². The highest BCUT2D eigenvalue weighted by Gasteiger charge is 2.12. The van der Waals surface area contributed by atoms with E-state index in [1.165, 1.54) is 23.1 Å². The van der Waals surface area contributed by atoms with Gasteiger partial charge >= 0.3 is 0 Å². The third-order valence-electron chi connectivity index (χ3n) is 3.22. The minimum atomic E-state index is -0.221. The number of thioether (sulfide) groups is 1. The van der Waals surface area contributed by atoms with E-state index in [4.69, 9.17) is 4.74 Å². The van der Waals surface area contributed by atoms with E-state index in [-0.39, 0.29) is 11.7 Å². The summed E-state index contributed by atoms with van der Waals surface area (Å²) in [6.45, 7) is 1.81. The van der Waals surface area contributed by atoms with Gasteiger partial charge in [0.05, 0.1) is 23.9 Å². The van der Waals surface area contributed by atoms with Crippen LogP contribution in [0.15, 0.2) is 29.3 Å². The number of nitrogens with zero attached hydrogens (tertiary/aromatic N) is 4. The zero-order valence-corrected chi connectivity index (χ0v) is 15.1. The average Bonchev–Trinajstić information content (AvgIpc) is 3.03. The quantitative estimate of drug-likeness (QED) is 0.688. The second kappa shape index (κ2) is 7.46. The third-order valence-corrected chi connectivity index (χ3v) is 4.97. The Hall–Kier alpha value is -2.70. The van der Waals surface area contributed by atoms with Gasteiger partial charge in [-0.15, -0.1) is 10.2 Å². The fourth-order valence-corrected chi connectivity index (χ4v) is 3.46. The summed E-state index contributed by atoms with van der Waals surface area (Å²) in [5.41, 5.74) is 1.16. The normalized spacial score (nSPS) is 10.4. The van der Waals surface area contributed by atoms with Crippen LogP contribution in [0, 0.1) is 18.3 Å². The summed E-state index contributed by atoms with van der Waals surface area (Å²) in [6.07, 6.45) is 0. The van der Waals surface area contributed by atoms with Crippen LogP contribution in [0.2, 0.25) is 0 Å². The molecule has 0 atom stereocenters. The van der Waals surface area contributed by atoms with E-state index in [0.717, 1.165) is 15.9 Å². The molecule has 2 aromatic heterocycles. The van der Waals surface area contributed by atoms with Crippen molar-refractivity contribution in [3.63, 3.8) is 0 Å². The zero-order valence-electron chi connectivity index (χ0n) is 13.4. The Morgan fingerprint density at radius 2 is 2.24 bits per heavy atom. The molecule has 0 aliphatic carbocycles. The molecule has 3 aromatic rings. The average molecular weight is 371 g/mol. The van der Waals surface area contributed by atoms with Crippen molar-refractivity contribution >= 4 is 45.0 Å². The van der Waals surface area contributed by atoms with Gasteiger partial charge in [0.25, 0.3) is 0 Å². The molecule has 9 heteroatoms. The van der Waals surface area contributed by atoms with Crippen molar-refractivity contribution in [1.82, 2.24) is 15.2 Å². The largest absolute Gasteiger partial charge is 0.497 e. The number of anilines is 1. The monoisotopic (exact) mass is 371 g/mol. The molecular weight excluding hydrogens is 358 g/mol. The maximum atomic E-state index is 12.0. The molecule has 2 heterocycles. The summed E-state index contributed by atoms with van der Waals surface area (Å²) >= 11 is 2.52. The van der Waals surface area contributed by atoms with E-state index in [2.05, 4.69) is 26.6 Å². The van der Waals surface area contributed by atoms with Gasteiger partial charge in [0.2, 0.25) is 11.0 Å². The summed E-state index contributed by atoms with van der Waals surface area (Å²) in [4.78, 5) is 16.5. The van der Waals surface area contributed by atoms with Gasteiger partial charge in [-0.25, -0.2) is 4.98 Å². The lowest BCUT2D eigenvalue weighted by molar-refractivity contribution is -0.113. The minimum absolute atomic E-state index is 0.127. The Labute approximate surface area is 152 Å². The summed E-state index contributed by atoms with van der Waals surface area (Å²) in [7, 11) is 1.59. The number of ether oxygens (including phenoxy) is 1. The lowest BCUT2D eigenvalue weighted by Crippen LogP contribution is -2.14. The van der Waals surface area contributed by atoms with Crippen molar-refractivity contribution in [2.45, 2.75) is 11.9 Å². The highest BCUT2D eigenvalue weighted by molar-refractivity contribution is 8.00. The highest BCUT2D eigenvalue weighted by atomic mass is 32.2. The van der Waals surface area contributed by atoms with E-state index in [1.807, 2.05) is 19.1 Å². The molecule has 3 rings (SSSR count). The predicted molar refractivity (Wildman–Crippen MR) is 97.0 cm³/mol. The summed E-state index contributed by atoms with van der Waals surface area (Å²) < 4.78 is 5.18. The molecular formula is C16H13N5O2S2. The van der Waals surface area contributed by atoms with Crippen LogP contribution in [-0.2, 0) is 4.79 Å². The van der Waals surface area contributed by atoms with Crippen LogP contribution in [0.4, 0.5) is 5.13 Å². The van der Waals surface area contributed by atoms with Crippen LogP contribution in [0.5, 0.6) is 5.75 Å². The third kappa shape index (κ3) is 4.04. The molecule has 25 heavy (non-hydrogen) atoms. The van der Waals surface area contributed by atoms with Crippen LogP contribution in [0.25, 0.3) is 10.9 Å². The number of pyridine rings is 1. The number of benzene rings is 1. The van der Waals surface area contributed by atoms with Crippen LogP contribution >= 0.6 is 23.1 Å². The number of amides is 1. The molecule has 0 saturated carbocycles. The van der Waals surface area contributed by atoms with Crippen molar-refractivity contribution in [3.05, 3.63) is 34.8 Å². The molecule has 0 aliphatic heterocycles. The lowest BCUT2D eigenvalue weighted by atomic mass is 10.1. The smallest absolute Gasteiger partial charge is 0.236 e. The van der Waals surface area contributed by atoms with Gasteiger partial charge < -0.3 is 4.74 Å². The molecule has 1 amide bonds. The topological polar surface area (TPSA) is 101 Å². The predicted octanol–water partition coefficient (Wildman–Crippen LogP) is 3.01. The minimum Gasteiger partial charge on any atom is -0.497 e. The lowest BCUT2D eigenvalue weighted by Gasteiger charge is -2.07. The zero-order chi connectivity index (χ0) is 17.8. The van der Waals surface area contributed by atoms with Crippen LogP contribution < -0.4 is 10.1 Å². The first kappa shape index (κ1) is 17.1. The van der Waals surface area contributed by atoms with Crippen molar-refractivity contribution in [2.75, 3.05) is 18.2 Å². The molecule has 0 unspecified atom stereocenters. The van der Waals surface area contributed by atoms with E-state index in [0.29, 0.717) is 21.5 Å². The molecule has 0 radical (unpaired) electrons. The number of nitrogens with one attached hydrogen (secondary N) is 1. The number of hydrogen-bond donors (Lipinski definition) is 1. The first-order chi connectivity index (χ1) is 12.1. The fraction of sp³-hybridized carbons (Fsp3) is 0.188. The Balaban J connectivity index is 1.76. The van der Waals surface area contributed by atoms with E-state index >= 15 is 0 Å². The van der Waals surface area contributed by atoms with Crippen molar-refractivity contribution < 1.29 is 9.53 Å². The van der Waals surface area contributed by atoms with E-state index < -0.39 is 0 Å². The second-order valence-corrected chi connectivity index (χ2v) is 7.12. The number of aryl methyl sites for hydroxylation is 1. The first-order valence-electron chi connectivity index (χ1n) is 7.20. The number of nitriles is 1. The maximum Gasteiger partial charge on any atom is 0.236 e. The van der Waals surface area contributed by atoms with Gasteiger partial charge in [0.15, 0.2) is 0 Å². The molecule has 0 bridgehead atoms. The molecule has 0 spiro atoms. The maximum absolute atomic E-state index is 12.0. The summed E-state index contributed by atoms with van der Waals surface area (Å²) in [5, 5.41) is 22.3. The summed E-state index contributed by atoms with van der Waals surface area (Å²) in [5.74, 6) is 0.606. The number of methoxy groups -OCH3 is 1. The van der Waals surface area contributed by atoms with Crippen molar-refractivity contribution in [2.24, 2.45) is 0 Å². The molecule has 0 saturated heterocycles. The van der Waals surface area contributed by atoms with Gasteiger partial charge in [-0.05, 0) is 31.2 Å². The van der Waals surface area contributed by atoms with Crippen molar-refractivity contribution in [3.8, 4) is 11.8 Å². The highest BCUT2D eigenvalue weighted by Crippen LogP contribution is 2.27. The Bertz CT molecular complexity index is 980. The Kier molecular flexibility index (Phi) is 5.11. The first-order valence-corrected chi connectivity index (χ1v) is 9.01. The standard InChI is InChI=1S/C16H13N5O2S2/c1-9-20-21-16(25-9)19-14(22)8-24-15-11(7-17)5-10-6-12(23-2)3-4-13(10)18-15/h3-6H,8H2,1-2H3,(H,19,21,22). The van der Waals surface area contributed by atoms with E-state index in [9.17, 15) is 10.1 Å². The van der Waals surface area contributed by atoms with Gasteiger partial charge in [-0.2, -0.15) is 5.26 Å². The molecule has 1 N–H and O–H groups in total. The number of fused-ring (bicyclic) bond motifs is 1. The SMILES string of the molecule is COc1ccc2nc(SCC(=O)Nc3nnc(C)s3)c(C#N)cc2c1. The molecule has 126 valence electrons. The van der Waals surface area contributed by atoms with Crippen LogP contribution in [0.3, 0.4) is 0 Å². The summed E-state index contributed by atoms with van der Waals surface area (Å²) in [6, 6.07) is 9.33. The van der Waals surface area contributed by atoms with Gasteiger partial charge in [0, 0.05) is 5.39 Å². The second-order valence-electron chi connectivity index (χ2n) is 4.97. The van der Waals surface area contributed by atoms with Crippen LogP contribution in [0.1, 0.15) is 10.6 Å². The number of hydrogen-bond acceptors (Lipinski definition) is 8. The molecule has 1 aromatic carbocycles. The Morgan fingerprint density at radius 1 is 1.40 bits per heavy atom. The van der Waals surface area contributed by atoms with Gasteiger partial charge in [-0.1, -0.05) is 23.1 Å². The van der Waals surface area contributed by atoms with Crippen LogP contribution in [-0.4, -0.2) is 34.0 Å². The molecule has 7 nitrogen and oxygen atoms in total. The van der Waals surface area contributed by atoms with E-state index in [1.54, 1.807) is 19.2 Å². The fourth-order valence-electron chi connectivity index (χ4n) is 2.09. The molecule has 0 aliphatic rings. The Morgan fingerprint density at radius 3 is 2.92 bits per heavy atom. The number of aromatic nitrogens is 3. The molecule has 0 fully saturated rings. The number of rotatable bonds is 5. The number of carbonyl (C=O) groups excluding carboxylic acids is 1. The number of carbonyl (C=O) groups is 1.